The van der Waals surface area contributed by atoms with E-state index in [0.29, 0.717) is 5.75 Å². The second kappa shape index (κ2) is 6.51. The van der Waals surface area contributed by atoms with Crippen LogP contribution in [0.3, 0.4) is 0 Å². The molecule has 0 fully saturated rings. The highest BCUT2D eigenvalue weighted by atomic mass is 32.1. The molecule has 2 aromatic rings. The highest BCUT2D eigenvalue weighted by Gasteiger charge is 2.21. The summed E-state index contributed by atoms with van der Waals surface area (Å²) in [7, 11) is 0. The number of hydrogen-bond acceptors (Lipinski definition) is 4. The molecule has 0 spiro atoms. The van der Waals surface area contributed by atoms with Crippen molar-refractivity contribution in [1.29, 1.82) is 5.26 Å². The zero-order valence-corrected chi connectivity index (χ0v) is 11.9. The van der Waals surface area contributed by atoms with Crippen molar-refractivity contribution < 1.29 is 9.13 Å². The van der Waals surface area contributed by atoms with E-state index in [2.05, 4.69) is 0 Å². The second-order valence-corrected chi connectivity index (χ2v) is 5.20. The van der Waals surface area contributed by atoms with Crippen LogP contribution < -0.4 is 10.5 Å². The maximum absolute atomic E-state index is 13.6. The van der Waals surface area contributed by atoms with Crippen molar-refractivity contribution in [2.24, 2.45) is 5.73 Å². The average molecular weight is 290 g/mol. The molecule has 104 valence electrons. The Kier molecular flexibility index (Phi) is 4.72. The van der Waals surface area contributed by atoms with Crippen LogP contribution in [0.15, 0.2) is 35.0 Å². The molecule has 0 aliphatic rings. The largest absolute Gasteiger partial charge is 0.484 e. The van der Waals surface area contributed by atoms with Gasteiger partial charge in [-0.05, 0) is 35.4 Å². The van der Waals surface area contributed by atoms with Crippen LogP contribution in [0.2, 0.25) is 0 Å². The van der Waals surface area contributed by atoms with Crippen LogP contribution in [-0.4, -0.2) is 6.04 Å². The van der Waals surface area contributed by atoms with Gasteiger partial charge in [0.15, 0.2) is 0 Å². The van der Waals surface area contributed by atoms with Gasteiger partial charge in [-0.25, -0.2) is 4.39 Å². The molecule has 3 nitrogen and oxygen atoms in total. The number of nitrogens with zero attached hydrogens (tertiary/aromatic N) is 1. The first-order valence-electron chi connectivity index (χ1n) is 6.29. The Morgan fingerprint density at radius 1 is 1.45 bits per heavy atom. The molecule has 0 aliphatic carbocycles. The fraction of sp³-hybridized carbons (Fsp3) is 0.267. The Morgan fingerprint density at radius 3 is 2.80 bits per heavy atom. The van der Waals surface area contributed by atoms with Gasteiger partial charge in [0.25, 0.3) is 0 Å². The predicted molar refractivity (Wildman–Crippen MR) is 77.1 cm³/mol. The lowest BCUT2D eigenvalue weighted by atomic mass is 10.0. The molecular formula is C15H15FN2OS. The molecule has 1 aromatic carbocycles. The molecule has 0 saturated heterocycles. The first-order valence-corrected chi connectivity index (χ1v) is 7.24. The van der Waals surface area contributed by atoms with E-state index in [0.717, 1.165) is 12.0 Å². The van der Waals surface area contributed by atoms with Gasteiger partial charge in [0.2, 0.25) is 0 Å². The van der Waals surface area contributed by atoms with Gasteiger partial charge in [-0.3, -0.25) is 0 Å². The van der Waals surface area contributed by atoms with E-state index in [4.69, 9.17) is 15.7 Å². The fourth-order valence-electron chi connectivity index (χ4n) is 1.86. The normalized spacial score (nSPS) is 13.5. The standard InChI is InChI=1S/C15H15FN2OS/c1-2-14(18)15(11-5-6-20-9-11)19-12-4-3-10(8-17)13(16)7-12/h3-7,9,14-15H,2,18H2,1H3. The van der Waals surface area contributed by atoms with Gasteiger partial charge in [-0.2, -0.15) is 16.6 Å². The lowest BCUT2D eigenvalue weighted by Gasteiger charge is -2.23. The van der Waals surface area contributed by atoms with E-state index >= 15 is 0 Å². The fourth-order valence-corrected chi connectivity index (χ4v) is 2.54. The van der Waals surface area contributed by atoms with E-state index in [-0.39, 0.29) is 17.7 Å². The molecule has 2 unspecified atom stereocenters. The smallest absolute Gasteiger partial charge is 0.144 e. The average Bonchev–Trinajstić information content (AvgIpc) is 2.98. The van der Waals surface area contributed by atoms with Gasteiger partial charge >= 0.3 is 0 Å². The SMILES string of the molecule is CCC(N)C(Oc1ccc(C#N)c(F)c1)c1ccsc1. The van der Waals surface area contributed by atoms with Crippen LogP contribution in [0.4, 0.5) is 4.39 Å². The van der Waals surface area contributed by atoms with Crippen molar-refractivity contribution in [1.82, 2.24) is 0 Å². The highest BCUT2D eigenvalue weighted by molar-refractivity contribution is 7.07. The summed E-state index contributed by atoms with van der Waals surface area (Å²) in [4.78, 5) is 0. The summed E-state index contributed by atoms with van der Waals surface area (Å²) < 4.78 is 19.4. The molecular weight excluding hydrogens is 275 g/mol. The third kappa shape index (κ3) is 3.16. The minimum Gasteiger partial charge on any atom is -0.484 e. The predicted octanol–water partition coefficient (Wildman–Crippen LogP) is 3.62. The molecule has 2 rings (SSSR count). The van der Waals surface area contributed by atoms with Crippen molar-refractivity contribution >= 4 is 11.3 Å². The minimum absolute atomic E-state index is 0.00391. The Morgan fingerprint density at radius 2 is 2.25 bits per heavy atom. The highest BCUT2D eigenvalue weighted by Crippen LogP contribution is 2.28. The van der Waals surface area contributed by atoms with Crippen LogP contribution in [0.25, 0.3) is 0 Å². The Hall–Kier alpha value is -1.90. The quantitative estimate of drug-likeness (QED) is 0.915. The van der Waals surface area contributed by atoms with Gasteiger partial charge in [-0.15, -0.1) is 0 Å². The summed E-state index contributed by atoms with van der Waals surface area (Å²) in [6.45, 7) is 1.98. The number of nitrogens with two attached hydrogens (primary N) is 1. The Labute approximate surface area is 121 Å². The van der Waals surface area contributed by atoms with Crippen LogP contribution in [0, 0.1) is 17.1 Å². The third-order valence-electron chi connectivity index (χ3n) is 3.06. The van der Waals surface area contributed by atoms with Crippen LogP contribution in [0.5, 0.6) is 5.75 Å². The van der Waals surface area contributed by atoms with E-state index < -0.39 is 5.82 Å². The second-order valence-electron chi connectivity index (χ2n) is 4.42. The van der Waals surface area contributed by atoms with Gasteiger partial charge in [0.1, 0.15) is 23.7 Å². The minimum atomic E-state index is -0.584. The number of nitriles is 1. The van der Waals surface area contributed by atoms with Crippen LogP contribution in [-0.2, 0) is 0 Å². The van der Waals surface area contributed by atoms with Gasteiger partial charge in [-0.1, -0.05) is 6.92 Å². The van der Waals surface area contributed by atoms with Crippen molar-refractivity contribution in [3.8, 4) is 11.8 Å². The van der Waals surface area contributed by atoms with E-state index in [1.165, 1.54) is 12.1 Å². The number of halogens is 1. The van der Waals surface area contributed by atoms with E-state index in [9.17, 15) is 4.39 Å². The number of benzene rings is 1. The topological polar surface area (TPSA) is 59.0 Å². The van der Waals surface area contributed by atoms with Crippen molar-refractivity contribution in [2.75, 3.05) is 0 Å². The Balaban J connectivity index is 2.24. The van der Waals surface area contributed by atoms with Crippen molar-refractivity contribution in [2.45, 2.75) is 25.5 Å². The first-order chi connectivity index (χ1) is 9.65. The number of ether oxygens (including phenoxy) is 1. The summed E-state index contributed by atoms with van der Waals surface area (Å²) in [6.07, 6.45) is 0.429. The Bertz CT molecular complexity index is 607. The number of thiophene rings is 1. The summed E-state index contributed by atoms with van der Waals surface area (Å²) in [6, 6.07) is 7.77. The number of rotatable bonds is 5. The molecule has 0 saturated carbocycles. The van der Waals surface area contributed by atoms with E-state index in [1.807, 2.05) is 23.8 Å². The van der Waals surface area contributed by atoms with Gasteiger partial charge in [0.05, 0.1) is 5.56 Å². The van der Waals surface area contributed by atoms with Crippen LogP contribution >= 0.6 is 11.3 Å². The van der Waals surface area contributed by atoms with Crippen molar-refractivity contribution in [3.63, 3.8) is 0 Å². The van der Waals surface area contributed by atoms with E-state index in [1.54, 1.807) is 23.5 Å². The van der Waals surface area contributed by atoms with Gasteiger partial charge < -0.3 is 10.5 Å². The maximum Gasteiger partial charge on any atom is 0.144 e. The first kappa shape index (κ1) is 14.5. The van der Waals surface area contributed by atoms with Gasteiger partial charge in [0, 0.05) is 17.7 Å². The summed E-state index contributed by atoms with van der Waals surface area (Å²) in [5.74, 6) is -0.208. The third-order valence-corrected chi connectivity index (χ3v) is 3.76. The summed E-state index contributed by atoms with van der Waals surface area (Å²) >= 11 is 1.56. The molecule has 0 aliphatic heterocycles. The lowest BCUT2D eigenvalue weighted by molar-refractivity contribution is 0.171. The molecule has 0 bridgehead atoms. The zero-order valence-electron chi connectivity index (χ0n) is 11.0. The molecule has 20 heavy (non-hydrogen) atoms. The molecule has 1 aromatic heterocycles. The number of hydrogen-bond donors (Lipinski definition) is 1. The van der Waals surface area contributed by atoms with Crippen molar-refractivity contribution in [3.05, 3.63) is 52.0 Å². The summed E-state index contributed by atoms with van der Waals surface area (Å²) in [5, 5.41) is 12.6. The molecule has 0 radical (unpaired) electrons. The molecule has 0 amide bonds. The molecule has 2 N–H and O–H groups in total. The summed E-state index contributed by atoms with van der Waals surface area (Å²) in [5.41, 5.74) is 7.07. The molecule has 1 heterocycles. The van der Waals surface area contributed by atoms with Crippen LogP contribution in [0.1, 0.15) is 30.6 Å². The molecule has 2 atom stereocenters. The zero-order chi connectivity index (χ0) is 14.5. The monoisotopic (exact) mass is 290 g/mol. The molecule has 5 heteroatoms. The lowest BCUT2D eigenvalue weighted by Crippen LogP contribution is -2.31. The maximum atomic E-state index is 13.6.